The Hall–Kier alpha value is -0.896. The summed E-state index contributed by atoms with van der Waals surface area (Å²) in [5.41, 5.74) is 1.47. The second-order valence-corrected chi connectivity index (χ2v) is 4.01. The number of carbonyl (C=O) groups is 1. The Morgan fingerprint density at radius 3 is 2.60 bits per heavy atom. The van der Waals surface area contributed by atoms with Gasteiger partial charge in [-0.25, -0.2) is 0 Å². The zero-order valence-electron chi connectivity index (χ0n) is 8.69. The maximum absolute atomic E-state index is 11.5. The van der Waals surface area contributed by atoms with Crippen molar-refractivity contribution in [3.05, 3.63) is 35.4 Å². The van der Waals surface area contributed by atoms with E-state index in [1.165, 1.54) is 0 Å². The Morgan fingerprint density at radius 2 is 2.00 bits per heavy atom. The van der Waals surface area contributed by atoms with Crippen molar-refractivity contribution in [3.8, 4) is 0 Å². The number of aryl methyl sites for hydroxylation is 1. The van der Waals surface area contributed by atoms with E-state index in [0.29, 0.717) is 9.98 Å². The van der Waals surface area contributed by atoms with Crippen molar-refractivity contribution in [3.63, 3.8) is 0 Å². The molecule has 0 aliphatic heterocycles. The van der Waals surface area contributed by atoms with Crippen molar-refractivity contribution in [2.45, 2.75) is 13.8 Å². The fourth-order valence-electron chi connectivity index (χ4n) is 1.05. The summed E-state index contributed by atoms with van der Waals surface area (Å²) in [5, 5.41) is 0. The van der Waals surface area contributed by atoms with Gasteiger partial charge in [-0.15, -0.1) is 0 Å². The van der Waals surface area contributed by atoms with E-state index in [4.69, 9.17) is 9.47 Å². The van der Waals surface area contributed by atoms with Crippen LogP contribution in [0.5, 0.6) is 0 Å². The molecule has 0 N–H and O–H groups in total. The summed E-state index contributed by atoms with van der Waals surface area (Å²) < 4.78 is 10.7. The van der Waals surface area contributed by atoms with Crippen LogP contribution in [0.4, 0.5) is 0 Å². The first kappa shape index (κ1) is 12.2. The summed E-state index contributed by atoms with van der Waals surface area (Å²) in [4.78, 5) is 11.5. The van der Waals surface area contributed by atoms with Crippen LogP contribution >= 0.6 is 0 Å². The normalized spacial score (nSPS) is 9.67. The van der Waals surface area contributed by atoms with Gasteiger partial charge in [0, 0.05) is 0 Å². The average molecular weight is 243 g/mol. The molecular weight excluding hydrogens is 231 g/mol. The zero-order chi connectivity index (χ0) is 11.3. The van der Waals surface area contributed by atoms with E-state index in [1.807, 2.05) is 19.1 Å². The van der Waals surface area contributed by atoms with E-state index >= 15 is 0 Å². The minimum absolute atomic E-state index is 0.0479. The van der Waals surface area contributed by atoms with Gasteiger partial charge >= 0.3 is 97.7 Å². The van der Waals surface area contributed by atoms with Crippen LogP contribution in [0.3, 0.4) is 0 Å². The number of benzene rings is 1. The molecular formula is C11H12O3V. The predicted octanol–water partition coefficient (Wildman–Crippen LogP) is 1.82. The fourth-order valence-corrected chi connectivity index (χ4v) is 1.13. The molecule has 0 amide bonds. The number of hydrogen-bond donors (Lipinski definition) is 0. The summed E-state index contributed by atoms with van der Waals surface area (Å²) in [6, 6.07) is 7.28. The van der Waals surface area contributed by atoms with Gasteiger partial charge in [0.25, 0.3) is 0 Å². The molecule has 1 aromatic carbocycles. The van der Waals surface area contributed by atoms with E-state index in [1.54, 1.807) is 19.1 Å². The van der Waals surface area contributed by atoms with Gasteiger partial charge in [-0.3, -0.25) is 0 Å². The molecule has 0 saturated heterocycles. The van der Waals surface area contributed by atoms with Gasteiger partial charge in [-0.2, -0.15) is 0 Å². The molecule has 0 unspecified atom stereocenters. The summed E-state index contributed by atoms with van der Waals surface area (Å²) >= 11 is 2.24. The van der Waals surface area contributed by atoms with Crippen LogP contribution in [0.15, 0.2) is 24.3 Å². The van der Waals surface area contributed by atoms with E-state index in [0.717, 1.165) is 5.56 Å². The Kier molecular flexibility index (Phi) is 4.75. The summed E-state index contributed by atoms with van der Waals surface area (Å²) in [5.74, 6) is -0.359. The summed E-state index contributed by atoms with van der Waals surface area (Å²) in [7, 11) is 0. The van der Waals surface area contributed by atoms with E-state index in [-0.39, 0.29) is 12.8 Å². The first-order chi connectivity index (χ1) is 7.11. The first-order valence-corrected chi connectivity index (χ1v) is 5.19. The Morgan fingerprint density at radius 1 is 1.33 bits per heavy atom. The molecule has 0 bridgehead atoms. The van der Waals surface area contributed by atoms with Crippen molar-refractivity contribution in [2.75, 3.05) is 6.79 Å². The molecule has 0 radical (unpaired) electrons. The number of carbonyl (C=O) groups excluding carboxylic acids is 1. The summed E-state index contributed by atoms with van der Waals surface area (Å²) in [6.45, 7) is 3.60. The van der Waals surface area contributed by atoms with Crippen molar-refractivity contribution in [1.82, 2.24) is 0 Å². The van der Waals surface area contributed by atoms with Crippen molar-refractivity contribution in [2.24, 2.45) is 0 Å². The molecule has 15 heavy (non-hydrogen) atoms. The second kappa shape index (κ2) is 5.86. The number of esters is 1. The molecule has 0 fully saturated rings. The molecule has 0 aromatic heterocycles. The van der Waals surface area contributed by atoms with Crippen LogP contribution < -0.4 is 0 Å². The monoisotopic (exact) mass is 243 g/mol. The van der Waals surface area contributed by atoms with Crippen LogP contribution in [0.1, 0.15) is 22.8 Å². The molecule has 4 heteroatoms. The molecule has 79 valence electrons. The second-order valence-electron chi connectivity index (χ2n) is 3.03. The fraction of sp³-hybridized carbons (Fsp3) is 0.273. The van der Waals surface area contributed by atoms with E-state index in [9.17, 15) is 4.79 Å². The zero-order valence-corrected chi connectivity index (χ0v) is 10.1. The summed E-state index contributed by atoms with van der Waals surface area (Å²) in [6.07, 6.45) is 0. The molecule has 0 heterocycles. The van der Waals surface area contributed by atoms with Crippen LogP contribution in [0.2, 0.25) is 0 Å². The number of hydrogen-bond acceptors (Lipinski definition) is 3. The van der Waals surface area contributed by atoms with Gasteiger partial charge < -0.3 is 0 Å². The maximum atomic E-state index is 11.5. The van der Waals surface area contributed by atoms with Gasteiger partial charge in [-0.1, -0.05) is 0 Å². The average Bonchev–Trinajstić information content (AvgIpc) is 2.17. The molecule has 1 aromatic rings. The molecule has 0 spiro atoms. The topological polar surface area (TPSA) is 35.5 Å². The predicted molar refractivity (Wildman–Crippen MR) is 53.2 cm³/mol. The molecule has 3 nitrogen and oxygen atoms in total. The van der Waals surface area contributed by atoms with Crippen LogP contribution in [0, 0.1) is 6.92 Å². The Labute approximate surface area is 97.9 Å². The Bertz CT molecular complexity index is 374. The van der Waals surface area contributed by atoms with E-state index < -0.39 is 0 Å². The third kappa shape index (κ3) is 4.00. The van der Waals surface area contributed by atoms with Crippen molar-refractivity contribution >= 4 is 10.4 Å². The van der Waals surface area contributed by atoms with Gasteiger partial charge in [0.2, 0.25) is 0 Å². The van der Waals surface area contributed by atoms with Crippen LogP contribution in [0.25, 0.3) is 0 Å². The third-order valence-electron chi connectivity index (χ3n) is 1.82. The number of ether oxygens (including phenoxy) is 2. The minimum atomic E-state index is -0.359. The molecule has 0 aliphatic carbocycles. The molecule has 0 atom stereocenters. The van der Waals surface area contributed by atoms with Crippen LogP contribution in [-0.2, 0) is 26.5 Å². The molecule has 0 aliphatic rings. The van der Waals surface area contributed by atoms with Gasteiger partial charge in [0.15, 0.2) is 0 Å². The Balaban J connectivity index is 2.54. The van der Waals surface area contributed by atoms with Crippen molar-refractivity contribution < 1.29 is 31.2 Å². The van der Waals surface area contributed by atoms with E-state index in [2.05, 4.69) is 17.0 Å². The van der Waals surface area contributed by atoms with Crippen molar-refractivity contribution in [1.29, 1.82) is 0 Å². The SMILES string of the molecule is C[C](=[V])OCOC(=O)c1ccccc1C. The standard InChI is InChI=1S/C11H12O3.V/c1-3-13-8-14-11(12)10-7-5-4-6-9(10)2;/h4-7H,8H2,1-2H3;. The quantitative estimate of drug-likeness (QED) is 0.597. The molecule has 0 saturated carbocycles. The number of rotatable bonds is 4. The van der Waals surface area contributed by atoms with Gasteiger partial charge in [-0.05, 0) is 0 Å². The van der Waals surface area contributed by atoms with Gasteiger partial charge in [0.1, 0.15) is 0 Å². The third-order valence-corrected chi connectivity index (χ3v) is 2.02. The molecule has 1 rings (SSSR count). The van der Waals surface area contributed by atoms with Crippen LogP contribution in [-0.4, -0.2) is 17.2 Å². The van der Waals surface area contributed by atoms with Gasteiger partial charge in [0.05, 0.1) is 0 Å². The first-order valence-electron chi connectivity index (χ1n) is 4.49.